The van der Waals surface area contributed by atoms with Gasteiger partial charge in [-0.15, -0.1) is 11.3 Å². The minimum Gasteiger partial charge on any atom is -0.383 e. The largest absolute Gasteiger partial charge is 0.383 e. The highest BCUT2D eigenvalue weighted by Gasteiger charge is 2.16. The van der Waals surface area contributed by atoms with Crippen LogP contribution in [0, 0.1) is 6.92 Å². The number of aromatic nitrogens is 2. The minimum atomic E-state index is 0.0632. The van der Waals surface area contributed by atoms with Gasteiger partial charge < -0.3 is 11.5 Å². The molecular weight excluding hydrogens is 316 g/mol. The average molecular weight is 330 g/mol. The number of fused-ring (bicyclic) bond motifs is 1. The number of carbonyl (C=O) groups is 1. The molecule has 1 aromatic carbocycles. The molecule has 0 amide bonds. The van der Waals surface area contributed by atoms with E-state index in [1.807, 2.05) is 31.2 Å². The van der Waals surface area contributed by atoms with Gasteiger partial charge in [0.2, 0.25) is 0 Å². The van der Waals surface area contributed by atoms with Crippen LogP contribution in [0.1, 0.15) is 15.2 Å². The molecular formula is C15H14N4OS2. The van der Waals surface area contributed by atoms with Crippen molar-refractivity contribution in [3.05, 3.63) is 40.8 Å². The van der Waals surface area contributed by atoms with Gasteiger partial charge >= 0.3 is 0 Å². The first-order valence-electron chi connectivity index (χ1n) is 6.59. The van der Waals surface area contributed by atoms with Gasteiger partial charge in [-0.1, -0.05) is 30.0 Å². The monoisotopic (exact) mass is 330 g/mol. The quantitative estimate of drug-likeness (QED) is 0.433. The maximum absolute atomic E-state index is 12.4. The van der Waals surface area contributed by atoms with E-state index in [4.69, 9.17) is 11.5 Å². The van der Waals surface area contributed by atoms with Crippen molar-refractivity contribution >= 4 is 50.6 Å². The van der Waals surface area contributed by atoms with Crippen LogP contribution in [-0.2, 0) is 0 Å². The first kappa shape index (κ1) is 14.8. The zero-order chi connectivity index (χ0) is 15.7. The van der Waals surface area contributed by atoms with Gasteiger partial charge in [-0.2, -0.15) is 0 Å². The average Bonchev–Trinajstić information content (AvgIpc) is 2.82. The van der Waals surface area contributed by atoms with Gasteiger partial charge in [-0.3, -0.25) is 4.79 Å². The highest BCUT2D eigenvalue weighted by molar-refractivity contribution is 7.99. The van der Waals surface area contributed by atoms with Crippen LogP contribution in [0.15, 0.2) is 35.5 Å². The van der Waals surface area contributed by atoms with Gasteiger partial charge in [0.05, 0.1) is 10.6 Å². The number of rotatable bonds is 4. The second-order valence-corrected chi connectivity index (χ2v) is 6.76. The number of hydrogen-bond donors (Lipinski definition) is 2. The molecule has 0 fully saturated rings. The van der Waals surface area contributed by atoms with E-state index in [9.17, 15) is 4.79 Å². The molecule has 3 aromatic rings. The van der Waals surface area contributed by atoms with Crippen molar-refractivity contribution in [3.8, 4) is 0 Å². The zero-order valence-corrected chi connectivity index (χ0v) is 13.5. The van der Waals surface area contributed by atoms with Crippen molar-refractivity contribution in [2.45, 2.75) is 12.1 Å². The fourth-order valence-electron chi connectivity index (χ4n) is 2.16. The lowest BCUT2D eigenvalue weighted by molar-refractivity contribution is 0.102. The maximum Gasteiger partial charge on any atom is 0.191 e. The highest BCUT2D eigenvalue weighted by atomic mass is 32.2. The number of nitrogens with two attached hydrogens (primary N) is 2. The predicted molar refractivity (Wildman–Crippen MR) is 92.5 cm³/mol. The molecule has 7 heteroatoms. The number of ketones is 1. The fraction of sp³-hybridized carbons (Fsp3) is 0.133. The summed E-state index contributed by atoms with van der Waals surface area (Å²) in [5.74, 6) is 0.936. The second kappa shape index (κ2) is 5.94. The van der Waals surface area contributed by atoms with E-state index in [0.29, 0.717) is 16.8 Å². The van der Waals surface area contributed by atoms with Crippen molar-refractivity contribution in [1.29, 1.82) is 0 Å². The molecule has 0 bridgehead atoms. The van der Waals surface area contributed by atoms with Crippen molar-refractivity contribution in [2.75, 3.05) is 17.2 Å². The smallest absolute Gasteiger partial charge is 0.191 e. The molecule has 0 aliphatic heterocycles. The standard InChI is InChI=1S/C15H14N4OS2/c1-8-9-4-2-3-5-11(9)22-14(8)10(20)7-21-15-18-12(16)6-13(17)19-15/h2-6H,7H2,1H3,(H4,16,17,18,19). The van der Waals surface area contributed by atoms with Crippen molar-refractivity contribution in [2.24, 2.45) is 0 Å². The number of anilines is 2. The molecule has 22 heavy (non-hydrogen) atoms. The molecule has 4 N–H and O–H groups in total. The summed E-state index contributed by atoms with van der Waals surface area (Å²) in [5, 5.41) is 1.55. The van der Waals surface area contributed by atoms with Crippen LogP contribution in [0.3, 0.4) is 0 Å². The molecule has 0 aliphatic rings. The number of nitrogens with zero attached hydrogens (tertiary/aromatic N) is 2. The normalized spacial score (nSPS) is 11.0. The number of aryl methyl sites for hydroxylation is 1. The third-order valence-corrected chi connectivity index (χ3v) is 5.34. The Bertz CT molecular complexity index is 840. The number of nitrogen functional groups attached to an aromatic ring is 2. The summed E-state index contributed by atoms with van der Waals surface area (Å²) < 4.78 is 1.12. The summed E-state index contributed by atoms with van der Waals surface area (Å²) in [5.41, 5.74) is 12.3. The fourth-order valence-corrected chi connectivity index (χ4v) is 4.14. The Morgan fingerprint density at radius 3 is 2.59 bits per heavy atom. The van der Waals surface area contributed by atoms with Crippen LogP contribution in [-0.4, -0.2) is 21.5 Å². The van der Waals surface area contributed by atoms with Gasteiger partial charge in [-0.05, 0) is 23.9 Å². The number of thiophene rings is 1. The lowest BCUT2D eigenvalue weighted by atomic mass is 10.1. The number of carbonyl (C=O) groups excluding carboxylic acids is 1. The second-order valence-electron chi connectivity index (χ2n) is 4.76. The van der Waals surface area contributed by atoms with Crippen LogP contribution >= 0.6 is 23.1 Å². The Morgan fingerprint density at radius 1 is 1.23 bits per heavy atom. The van der Waals surface area contributed by atoms with Gasteiger partial charge in [0.1, 0.15) is 11.6 Å². The predicted octanol–water partition coefficient (Wildman–Crippen LogP) is 3.14. The maximum atomic E-state index is 12.4. The Hall–Kier alpha value is -2.12. The van der Waals surface area contributed by atoms with Crippen LogP contribution in [0.5, 0.6) is 0 Å². The Morgan fingerprint density at radius 2 is 1.91 bits per heavy atom. The first-order valence-corrected chi connectivity index (χ1v) is 8.39. The molecule has 0 atom stereocenters. The van der Waals surface area contributed by atoms with Gasteiger partial charge in [0, 0.05) is 10.8 Å². The van der Waals surface area contributed by atoms with Gasteiger partial charge in [0.15, 0.2) is 10.9 Å². The van der Waals surface area contributed by atoms with Crippen LogP contribution in [0.4, 0.5) is 11.6 Å². The Kier molecular flexibility index (Phi) is 4.00. The highest BCUT2D eigenvalue weighted by Crippen LogP contribution is 2.31. The molecule has 0 unspecified atom stereocenters. The van der Waals surface area contributed by atoms with E-state index >= 15 is 0 Å². The van der Waals surface area contributed by atoms with E-state index in [2.05, 4.69) is 9.97 Å². The summed E-state index contributed by atoms with van der Waals surface area (Å²) in [6, 6.07) is 9.51. The summed E-state index contributed by atoms with van der Waals surface area (Å²) in [4.78, 5) is 21.4. The van der Waals surface area contributed by atoms with E-state index in [1.165, 1.54) is 29.2 Å². The van der Waals surface area contributed by atoms with Gasteiger partial charge in [0.25, 0.3) is 0 Å². The summed E-state index contributed by atoms with van der Waals surface area (Å²) in [6.07, 6.45) is 0. The van der Waals surface area contributed by atoms with Crippen LogP contribution in [0.25, 0.3) is 10.1 Å². The molecule has 0 saturated heterocycles. The van der Waals surface area contributed by atoms with Crippen molar-refractivity contribution in [3.63, 3.8) is 0 Å². The number of Topliss-reactive ketones (excluding diaryl/α,β-unsaturated/α-hetero) is 1. The number of benzene rings is 1. The molecule has 0 spiro atoms. The van der Waals surface area contributed by atoms with Crippen molar-refractivity contribution < 1.29 is 4.79 Å². The summed E-state index contributed by atoms with van der Waals surface area (Å²) in [7, 11) is 0. The van der Waals surface area contributed by atoms with Crippen LogP contribution < -0.4 is 11.5 Å². The summed E-state index contributed by atoms with van der Waals surface area (Å²) >= 11 is 2.77. The van der Waals surface area contributed by atoms with E-state index in [0.717, 1.165) is 20.5 Å². The lowest BCUT2D eigenvalue weighted by Crippen LogP contribution is -2.04. The molecule has 0 aliphatic carbocycles. The third-order valence-electron chi connectivity index (χ3n) is 3.17. The third kappa shape index (κ3) is 2.90. The molecule has 5 nitrogen and oxygen atoms in total. The van der Waals surface area contributed by atoms with Crippen molar-refractivity contribution in [1.82, 2.24) is 9.97 Å². The minimum absolute atomic E-state index is 0.0632. The van der Waals surface area contributed by atoms with E-state index < -0.39 is 0 Å². The number of hydrogen-bond acceptors (Lipinski definition) is 7. The van der Waals surface area contributed by atoms with E-state index in [1.54, 1.807) is 0 Å². The Balaban J connectivity index is 1.80. The lowest BCUT2D eigenvalue weighted by Gasteiger charge is -2.02. The topological polar surface area (TPSA) is 94.9 Å². The molecule has 2 heterocycles. The molecule has 3 rings (SSSR count). The Labute approximate surface area is 135 Å². The zero-order valence-electron chi connectivity index (χ0n) is 11.9. The molecule has 2 aromatic heterocycles. The summed E-state index contributed by atoms with van der Waals surface area (Å²) in [6.45, 7) is 1.98. The van der Waals surface area contributed by atoms with Crippen LogP contribution in [0.2, 0.25) is 0 Å². The first-order chi connectivity index (χ1) is 10.5. The van der Waals surface area contributed by atoms with E-state index in [-0.39, 0.29) is 11.5 Å². The molecule has 112 valence electrons. The number of thioether (sulfide) groups is 1. The SMILES string of the molecule is Cc1c(C(=O)CSc2nc(N)cc(N)n2)sc2ccccc12. The van der Waals surface area contributed by atoms with Gasteiger partial charge in [-0.25, -0.2) is 9.97 Å². The molecule has 0 saturated carbocycles. The molecule has 0 radical (unpaired) electrons.